The first-order chi connectivity index (χ1) is 16.1. The molecule has 1 aromatic rings. The Morgan fingerprint density at radius 2 is 1.76 bits per heavy atom. The molecule has 0 N–H and O–H groups in total. The molecular formula is C26H37ClN2O4S. The molecule has 2 saturated heterocycles. The van der Waals surface area contributed by atoms with E-state index in [9.17, 15) is 18.0 Å². The van der Waals surface area contributed by atoms with E-state index < -0.39 is 15.1 Å². The molecule has 0 radical (unpaired) electrons. The molecule has 1 unspecified atom stereocenters. The van der Waals surface area contributed by atoms with Gasteiger partial charge in [0.25, 0.3) is 0 Å². The molecule has 1 aliphatic carbocycles. The van der Waals surface area contributed by atoms with Crippen molar-refractivity contribution >= 4 is 33.1 Å². The van der Waals surface area contributed by atoms with Crippen molar-refractivity contribution in [3.8, 4) is 0 Å². The van der Waals surface area contributed by atoms with Crippen molar-refractivity contribution in [2.24, 2.45) is 5.92 Å². The van der Waals surface area contributed by atoms with Crippen molar-refractivity contribution in [2.45, 2.75) is 83.1 Å². The minimum absolute atomic E-state index is 0.0422. The lowest BCUT2D eigenvalue weighted by Crippen LogP contribution is -2.54. The van der Waals surface area contributed by atoms with Gasteiger partial charge in [-0.25, -0.2) is 8.42 Å². The number of sulfone groups is 1. The molecule has 1 amide bonds. The third-order valence-electron chi connectivity index (χ3n) is 7.99. The lowest BCUT2D eigenvalue weighted by atomic mass is 9.96. The molecule has 2 atom stereocenters. The molecule has 34 heavy (non-hydrogen) atoms. The number of carbonyl (C=O) groups is 2. The molecule has 3 fully saturated rings. The number of hydrogen-bond acceptors (Lipinski definition) is 5. The molecule has 188 valence electrons. The highest BCUT2D eigenvalue weighted by molar-refractivity contribution is 7.92. The number of benzene rings is 1. The van der Waals surface area contributed by atoms with Crippen LogP contribution in [0.25, 0.3) is 0 Å². The molecule has 1 saturated carbocycles. The van der Waals surface area contributed by atoms with Crippen molar-refractivity contribution in [3.05, 3.63) is 33.8 Å². The minimum Gasteiger partial charge on any atom is -0.337 e. The molecule has 1 aromatic carbocycles. The van der Waals surface area contributed by atoms with Crippen molar-refractivity contribution in [2.75, 3.05) is 25.4 Å². The number of Topliss-reactive ketones (excluding diaryl/α,β-unsaturated/α-hetero) is 1. The fourth-order valence-corrected chi connectivity index (χ4v) is 8.05. The highest BCUT2D eigenvalue weighted by Crippen LogP contribution is 2.29. The Balaban J connectivity index is 1.38. The first-order valence-corrected chi connectivity index (χ1v) is 14.8. The zero-order valence-electron chi connectivity index (χ0n) is 20.4. The van der Waals surface area contributed by atoms with Gasteiger partial charge in [0.15, 0.2) is 9.84 Å². The van der Waals surface area contributed by atoms with Gasteiger partial charge in [0.2, 0.25) is 5.91 Å². The van der Waals surface area contributed by atoms with E-state index in [0.717, 1.165) is 55.7 Å². The van der Waals surface area contributed by atoms with Gasteiger partial charge in [0.1, 0.15) is 5.78 Å². The molecule has 2 aliphatic heterocycles. The molecule has 6 nitrogen and oxygen atoms in total. The summed E-state index contributed by atoms with van der Waals surface area (Å²) in [7, 11) is -3.12. The number of rotatable bonds is 7. The number of carbonyl (C=O) groups excluding carboxylic acids is 2. The highest BCUT2D eigenvalue weighted by Gasteiger charge is 2.34. The van der Waals surface area contributed by atoms with E-state index in [1.165, 1.54) is 12.8 Å². The predicted molar refractivity (Wildman–Crippen MR) is 135 cm³/mol. The predicted octanol–water partition coefficient (Wildman–Crippen LogP) is 3.95. The SMILES string of the molecule is Cc1c(CC(=O)CC2CCCS2(=O)=O)cc(Cl)cc1CN1CCN(C(=O)C2CCCC2)[C@@H](C)C1. The minimum atomic E-state index is -3.12. The van der Waals surface area contributed by atoms with Gasteiger partial charge >= 0.3 is 0 Å². The van der Waals surface area contributed by atoms with Crippen molar-refractivity contribution in [1.29, 1.82) is 0 Å². The Labute approximate surface area is 208 Å². The second-order valence-electron chi connectivity index (χ2n) is 10.5. The van der Waals surface area contributed by atoms with E-state index in [1.807, 2.05) is 19.1 Å². The Hall–Kier alpha value is -1.44. The van der Waals surface area contributed by atoms with Crippen molar-refractivity contribution in [1.82, 2.24) is 9.80 Å². The molecule has 0 bridgehead atoms. The average molecular weight is 509 g/mol. The average Bonchev–Trinajstić information content (AvgIpc) is 3.41. The molecule has 3 aliphatic rings. The number of amides is 1. The summed E-state index contributed by atoms with van der Waals surface area (Å²) in [5.74, 6) is 0.695. The van der Waals surface area contributed by atoms with E-state index >= 15 is 0 Å². The normalized spacial score (nSPS) is 25.7. The molecule has 8 heteroatoms. The monoisotopic (exact) mass is 508 g/mol. The van der Waals surface area contributed by atoms with Gasteiger partial charge in [-0.1, -0.05) is 24.4 Å². The first-order valence-electron chi connectivity index (χ1n) is 12.7. The van der Waals surface area contributed by atoms with E-state index in [1.54, 1.807) is 0 Å². The molecular weight excluding hydrogens is 472 g/mol. The topological polar surface area (TPSA) is 74.8 Å². The number of halogens is 1. The van der Waals surface area contributed by atoms with E-state index in [-0.39, 0.29) is 36.3 Å². The van der Waals surface area contributed by atoms with Crippen LogP contribution < -0.4 is 0 Å². The maximum atomic E-state index is 12.9. The van der Waals surface area contributed by atoms with Crippen LogP contribution in [0, 0.1) is 12.8 Å². The molecule has 4 rings (SSSR count). The highest BCUT2D eigenvalue weighted by atomic mass is 35.5. The summed E-state index contributed by atoms with van der Waals surface area (Å²) in [6, 6.07) is 3.98. The molecule has 2 heterocycles. The summed E-state index contributed by atoms with van der Waals surface area (Å²) in [4.78, 5) is 30.1. The zero-order chi connectivity index (χ0) is 24.5. The summed E-state index contributed by atoms with van der Waals surface area (Å²) in [6.45, 7) is 7.26. The maximum Gasteiger partial charge on any atom is 0.226 e. The number of nitrogens with zero attached hydrogens (tertiary/aromatic N) is 2. The van der Waals surface area contributed by atoms with Crippen molar-refractivity contribution in [3.63, 3.8) is 0 Å². The van der Waals surface area contributed by atoms with Gasteiger partial charge in [-0.15, -0.1) is 0 Å². The Kier molecular flexibility index (Phi) is 8.05. The summed E-state index contributed by atoms with van der Waals surface area (Å²) in [5, 5.41) is 0.0728. The first kappa shape index (κ1) is 25.6. The lowest BCUT2D eigenvalue weighted by molar-refractivity contribution is -0.140. The van der Waals surface area contributed by atoms with E-state index in [2.05, 4.69) is 16.7 Å². The number of hydrogen-bond donors (Lipinski definition) is 0. The smallest absolute Gasteiger partial charge is 0.226 e. The third kappa shape index (κ3) is 5.85. The summed E-state index contributed by atoms with van der Waals surface area (Å²) >= 11 is 6.43. The van der Waals surface area contributed by atoms with Crippen LogP contribution in [0.5, 0.6) is 0 Å². The second kappa shape index (κ2) is 10.7. The largest absolute Gasteiger partial charge is 0.337 e. The fourth-order valence-electron chi connectivity index (χ4n) is 5.92. The van der Waals surface area contributed by atoms with Crippen LogP contribution in [0.3, 0.4) is 0 Å². The molecule has 0 spiro atoms. The quantitative estimate of drug-likeness (QED) is 0.557. The zero-order valence-corrected chi connectivity index (χ0v) is 22.0. The standard InChI is InChI=1S/C26H37ClN2O4S/c1-18-16-28(9-10-29(18)26(31)20-6-3-4-7-20)17-22-13-23(27)12-21(19(22)2)14-24(30)15-25-8-5-11-34(25,32)33/h12-13,18,20,25H,3-11,14-17H2,1-2H3/t18-,25?/m0/s1. The summed E-state index contributed by atoms with van der Waals surface area (Å²) in [5.41, 5.74) is 3.02. The van der Waals surface area contributed by atoms with Gasteiger partial charge in [-0.2, -0.15) is 0 Å². The number of ketones is 1. The lowest BCUT2D eigenvalue weighted by Gasteiger charge is -2.41. The maximum absolute atomic E-state index is 12.9. The van der Waals surface area contributed by atoms with Crippen LogP contribution in [0.1, 0.15) is 68.6 Å². The van der Waals surface area contributed by atoms with Crippen LogP contribution in [0.2, 0.25) is 5.02 Å². The Bertz CT molecular complexity index is 1040. The molecule has 0 aromatic heterocycles. The van der Waals surface area contributed by atoms with Gasteiger partial charge in [-0.3, -0.25) is 14.5 Å². The van der Waals surface area contributed by atoms with Crippen LogP contribution in [0.4, 0.5) is 0 Å². The fraction of sp³-hybridized carbons (Fsp3) is 0.692. The van der Waals surface area contributed by atoms with Gasteiger partial charge in [0.05, 0.1) is 11.0 Å². The van der Waals surface area contributed by atoms with Gasteiger partial charge in [0, 0.05) is 56.0 Å². The Morgan fingerprint density at radius 3 is 2.41 bits per heavy atom. The van der Waals surface area contributed by atoms with Crippen LogP contribution in [-0.4, -0.2) is 66.6 Å². The van der Waals surface area contributed by atoms with E-state index in [4.69, 9.17) is 11.6 Å². The third-order valence-corrected chi connectivity index (χ3v) is 10.5. The van der Waals surface area contributed by atoms with Crippen molar-refractivity contribution < 1.29 is 18.0 Å². The van der Waals surface area contributed by atoms with Crippen LogP contribution in [-0.2, 0) is 32.4 Å². The Morgan fingerprint density at radius 1 is 1.06 bits per heavy atom. The second-order valence-corrected chi connectivity index (χ2v) is 13.3. The van der Waals surface area contributed by atoms with Gasteiger partial charge in [-0.05, 0) is 68.4 Å². The van der Waals surface area contributed by atoms with Crippen LogP contribution in [0.15, 0.2) is 12.1 Å². The van der Waals surface area contributed by atoms with Gasteiger partial charge < -0.3 is 4.90 Å². The number of piperazine rings is 1. The summed E-state index contributed by atoms with van der Waals surface area (Å²) < 4.78 is 24.2. The summed E-state index contributed by atoms with van der Waals surface area (Å²) in [6.07, 6.45) is 5.94. The van der Waals surface area contributed by atoms with Crippen LogP contribution >= 0.6 is 11.6 Å². The van der Waals surface area contributed by atoms with E-state index in [0.29, 0.717) is 23.8 Å².